The second-order valence-corrected chi connectivity index (χ2v) is 10.8. The van der Waals surface area contributed by atoms with Gasteiger partial charge < -0.3 is 15.1 Å². The Morgan fingerprint density at radius 1 is 1.26 bits per heavy atom. The lowest BCUT2D eigenvalue weighted by molar-refractivity contribution is -0.129. The van der Waals surface area contributed by atoms with Crippen molar-refractivity contribution in [2.24, 2.45) is 5.92 Å². The average molecular weight is 496 g/mol. The first-order valence-electron chi connectivity index (χ1n) is 11.0. The van der Waals surface area contributed by atoms with Crippen LogP contribution in [0.15, 0.2) is 40.1 Å². The van der Waals surface area contributed by atoms with Crippen LogP contribution in [0, 0.1) is 31.1 Å². The van der Waals surface area contributed by atoms with Gasteiger partial charge in [-0.25, -0.2) is 4.98 Å². The summed E-state index contributed by atoms with van der Waals surface area (Å²) in [5.41, 5.74) is 2.46. The predicted molar refractivity (Wildman–Crippen MR) is 131 cm³/mol. The van der Waals surface area contributed by atoms with Gasteiger partial charge in [-0.2, -0.15) is 5.26 Å². The van der Waals surface area contributed by atoms with E-state index >= 15 is 0 Å². The summed E-state index contributed by atoms with van der Waals surface area (Å²) in [5.74, 6) is -0.325. The molecule has 34 heavy (non-hydrogen) atoms. The lowest BCUT2D eigenvalue weighted by atomic mass is 10.0. The minimum absolute atomic E-state index is 0.0239. The van der Waals surface area contributed by atoms with Crippen LogP contribution in [-0.2, 0) is 9.59 Å². The molecule has 4 rings (SSSR count). The van der Waals surface area contributed by atoms with Crippen molar-refractivity contribution in [3.05, 3.63) is 47.7 Å². The smallest absolute Gasteiger partial charge is 0.254 e. The highest BCUT2D eigenvalue weighted by Gasteiger charge is 2.33. The van der Waals surface area contributed by atoms with Crippen LogP contribution < -0.4 is 5.32 Å². The number of benzene rings is 1. The van der Waals surface area contributed by atoms with Gasteiger partial charge in [-0.05, 0) is 50.0 Å². The zero-order chi connectivity index (χ0) is 24.4. The first-order valence-corrected chi connectivity index (χ1v) is 12.6. The summed E-state index contributed by atoms with van der Waals surface area (Å²) in [6.07, 6.45) is 4.80. The van der Waals surface area contributed by atoms with E-state index in [-0.39, 0.29) is 36.7 Å². The first kappa shape index (κ1) is 24.0. The van der Waals surface area contributed by atoms with Gasteiger partial charge >= 0.3 is 0 Å². The zero-order valence-electron chi connectivity index (χ0n) is 19.0. The molecule has 1 N–H and O–H groups in total. The van der Waals surface area contributed by atoms with Crippen LogP contribution in [0.4, 0.5) is 5.13 Å². The maximum absolute atomic E-state index is 13.4. The summed E-state index contributed by atoms with van der Waals surface area (Å²) >= 11 is 2.91. The molecular formula is C24H25N5O3S2. The Morgan fingerprint density at radius 3 is 2.71 bits per heavy atom. The fourth-order valence-corrected chi connectivity index (χ4v) is 5.77. The maximum Gasteiger partial charge on any atom is 0.254 e. The molecule has 1 aliphatic heterocycles. The number of carbonyl (C=O) groups excluding carboxylic acids is 3. The Labute approximate surface area is 206 Å². The molecule has 1 aromatic heterocycles. The van der Waals surface area contributed by atoms with Gasteiger partial charge in [0, 0.05) is 29.5 Å². The number of rotatable bonds is 6. The van der Waals surface area contributed by atoms with E-state index in [0.717, 1.165) is 33.1 Å². The van der Waals surface area contributed by atoms with Crippen molar-refractivity contribution in [3.63, 3.8) is 0 Å². The van der Waals surface area contributed by atoms with Crippen LogP contribution in [0.1, 0.15) is 34.3 Å². The van der Waals surface area contributed by atoms with Crippen molar-refractivity contribution in [2.75, 3.05) is 25.0 Å². The van der Waals surface area contributed by atoms with E-state index in [1.54, 1.807) is 11.1 Å². The second kappa shape index (κ2) is 9.99. The number of nitrogens with one attached hydrogen (secondary N) is 1. The number of amides is 3. The Balaban J connectivity index is 1.49. The van der Waals surface area contributed by atoms with Gasteiger partial charge in [0.2, 0.25) is 11.8 Å². The van der Waals surface area contributed by atoms with Gasteiger partial charge in [-0.3, -0.25) is 14.4 Å². The van der Waals surface area contributed by atoms with E-state index in [1.807, 2.05) is 26.0 Å². The maximum atomic E-state index is 13.4. The lowest BCUT2D eigenvalue weighted by Crippen LogP contribution is -2.55. The Bertz CT molecular complexity index is 1200. The topological polar surface area (TPSA) is 106 Å². The van der Waals surface area contributed by atoms with Crippen LogP contribution in [-0.4, -0.2) is 58.2 Å². The Morgan fingerprint density at radius 2 is 2.03 bits per heavy atom. The van der Waals surface area contributed by atoms with E-state index in [2.05, 4.69) is 22.9 Å². The minimum Gasteiger partial charge on any atom is -0.334 e. The predicted octanol–water partition coefficient (Wildman–Crippen LogP) is 3.62. The summed E-state index contributed by atoms with van der Waals surface area (Å²) in [6.45, 7) is 8.17. The quantitative estimate of drug-likeness (QED) is 0.614. The van der Waals surface area contributed by atoms with Gasteiger partial charge in [0.1, 0.15) is 6.04 Å². The molecule has 2 aliphatic rings. The summed E-state index contributed by atoms with van der Waals surface area (Å²) in [4.78, 5) is 45.7. The summed E-state index contributed by atoms with van der Waals surface area (Å²) in [6, 6.07) is 5.27. The number of thiazole rings is 1. The molecule has 1 saturated carbocycles. The Hall–Kier alpha value is -3.16. The molecule has 3 amide bonds. The fraction of sp³-hybridized carbons (Fsp3) is 0.375. The van der Waals surface area contributed by atoms with Crippen molar-refractivity contribution in [1.82, 2.24) is 14.8 Å². The fourth-order valence-electron chi connectivity index (χ4n) is 3.83. The molecule has 0 unspecified atom stereocenters. The van der Waals surface area contributed by atoms with E-state index in [9.17, 15) is 19.6 Å². The van der Waals surface area contributed by atoms with Crippen molar-refractivity contribution in [2.45, 2.75) is 41.8 Å². The molecule has 1 saturated heterocycles. The largest absolute Gasteiger partial charge is 0.334 e. The minimum atomic E-state index is -0.704. The number of nitriles is 1. The molecule has 8 nitrogen and oxygen atoms in total. The SMILES string of the molecule is C=CC(=O)N1CCN(C(=O)c2cc(Sc3cnc(NC(=O)C4CC4)s3)c(C)cc2C)C[C@H]1C#N. The molecule has 0 spiro atoms. The van der Waals surface area contributed by atoms with Gasteiger partial charge in [-0.1, -0.05) is 35.7 Å². The third kappa shape index (κ3) is 5.16. The summed E-state index contributed by atoms with van der Waals surface area (Å²) in [7, 11) is 0. The number of nitrogens with zero attached hydrogens (tertiary/aromatic N) is 4. The van der Waals surface area contributed by atoms with Crippen LogP contribution in [0.25, 0.3) is 0 Å². The van der Waals surface area contributed by atoms with Crippen molar-refractivity contribution < 1.29 is 14.4 Å². The highest BCUT2D eigenvalue weighted by atomic mass is 32.2. The molecule has 2 heterocycles. The van der Waals surface area contributed by atoms with E-state index in [0.29, 0.717) is 17.2 Å². The number of carbonyl (C=O) groups is 3. The monoisotopic (exact) mass is 495 g/mol. The number of aryl methyl sites for hydroxylation is 2. The molecular weight excluding hydrogens is 470 g/mol. The molecule has 1 atom stereocenters. The first-order chi connectivity index (χ1) is 16.3. The standard InChI is InChI=1S/C24H25N5O3S2/c1-4-20(30)29-8-7-28(13-17(29)11-25)23(32)18-10-19(15(3)9-14(18)2)33-21-12-26-24(34-21)27-22(31)16-5-6-16/h4,9-10,12,16-17H,1,5-8,13H2,2-3H3,(H,26,27,31)/t17-/m1/s1. The molecule has 2 aromatic rings. The molecule has 0 radical (unpaired) electrons. The third-order valence-corrected chi connectivity index (χ3v) is 8.07. The number of piperazine rings is 1. The van der Waals surface area contributed by atoms with Gasteiger partial charge in [0.25, 0.3) is 5.91 Å². The van der Waals surface area contributed by atoms with E-state index in [1.165, 1.54) is 34.1 Å². The van der Waals surface area contributed by atoms with Crippen LogP contribution in [0.5, 0.6) is 0 Å². The van der Waals surface area contributed by atoms with Gasteiger partial charge in [0.15, 0.2) is 5.13 Å². The molecule has 1 aliphatic carbocycles. The normalized spacial score (nSPS) is 17.7. The third-order valence-electron chi connectivity index (χ3n) is 5.90. The van der Waals surface area contributed by atoms with Crippen molar-refractivity contribution in [1.29, 1.82) is 5.26 Å². The van der Waals surface area contributed by atoms with Crippen LogP contribution >= 0.6 is 23.1 Å². The summed E-state index contributed by atoms with van der Waals surface area (Å²) in [5, 5.41) is 13.0. The van der Waals surface area contributed by atoms with Crippen molar-refractivity contribution in [3.8, 4) is 6.07 Å². The number of aromatic nitrogens is 1. The van der Waals surface area contributed by atoms with Crippen LogP contribution in [0.2, 0.25) is 0 Å². The van der Waals surface area contributed by atoms with Crippen molar-refractivity contribution >= 4 is 46.0 Å². The van der Waals surface area contributed by atoms with Crippen LogP contribution in [0.3, 0.4) is 0 Å². The van der Waals surface area contributed by atoms with Gasteiger partial charge in [-0.15, -0.1) is 0 Å². The molecule has 0 bridgehead atoms. The number of hydrogen-bond acceptors (Lipinski definition) is 7. The van der Waals surface area contributed by atoms with E-state index < -0.39 is 6.04 Å². The zero-order valence-corrected chi connectivity index (χ0v) is 20.7. The second-order valence-electron chi connectivity index (χ2n) is 8.41. The molecule has 176 valence electrons. The highest BCUT2D eigenvalue weighted by Crippen LogP contribution is 2.38. The average Bonchev–Trinajstić information content (AvgIpc) is 3.60. The summed E-state index contributed by atoms with van der Waals surface area (Å²) < 4.78 is 0.914. The molecule has 10 heteroatoms. The highest BCUT2D eigenvalue weighted by molar-refractivity contribution is 8.01. The molecule has 2 fully saturated rings. The van der Waals surface area contributed by atoms with E-state index in [4.69, 9.17) is 0 Å². The molecule has 1 aromatic carbocycles. The number of hydrogen-bond donors (Lipinski definition) is 1. The lowest BCUT2D eigenvalue weighted by Gasteiger charge is -2.38. The van der Waals surface area contributed by atoms with Gasteiger partial charge in [0.05, 0.1) is 23.0 Å². The Kier molecular flexibility index (Phi) is 7.05. The number of anilines is 1.